The third-order valence-electron chi connectivity index (χ3n) is 6.39. The second-order valence-electron chi connectivity index (χ2n) is 8.83. The minimum Gasteiger partial charge on any atom is -0.276 e. The molecule has 0 amide bonds. The van der Waals surface area contributed by atoms with Gasteiger partial charge in [0.1, 0.15) is 17.4 Å². The van der Waals surface area contributed by atoms with Gasteiger partial charge in [0.15, 0.2) is 5.82 Å². The SMILES string of the molecule is CCCCc1ccc(CCc2cc3c(s2)-n2c(C)nnc2CN=C3c2ccccc2C)cc1. The van der Waals surface area contributed by atoms with Crippen molar-refractivity contribution in [2.24, 2.45) is 4.99 Å². The molecular formula is C28H30N4S. The quantitative estimate of drug-likeness (QED) is 0.323. The van der Waals surface area contributed by atoms with E-state index in [1.165, 1.54) is 57.0 Å². The van der Waals surface area contributed by atoms with Crippen molar-refractivity contribution in [3.05, 3.63) is 98.9 Å². The molecule has 0 saturated heterocycles. The molecule has 1 aliphatic heterocycles. The van der Waals surface area contributed by atoms with Crippen LogP contribution in [0.1, 0.15) is 64.1 Å². The zero-order valence-corrected chi connectivity index (χ0v) is 20.5. The maximum Gasteiger partial charge on any atom is 0.160 e. The highest BCUT2D eigenvalue weighted by Crippen LogP contribution is 2.34. The van der Waals surface area contributed by atoms with Gasteiger partial charge < -0.3 is 0 Å². The van der Waals surface area contributed by atoms with Crippen LogP contribution in [0, 0.1) is 13.8 Å². The lowest BCUT2D eigenvalue weighted by Gasteiger charge is -2.09. The lowest BCUT2D eigenvalue weighted by molar-refractivity contribution is 0.794. The lowest BCUT2D eigenvalue weighted by Crippen LogP contribution is -2.06. The Bertz CT molecular complexity index is 1290. The molecule has 5 heteroatoms. The number of hydrogen-bond acceptors (Lipinski definition) is 4. The molecule has 168 valence electrons. The molecular weight excluding hydrogens is 424 g/mol. The van der Waals surface area contributed by atoms with E-state index < -0.39 is 0 Å². The third-order valence-corrected chi connectivity index (χ3v) is 7.57. The van der Waals surface area contributed by atoms with Gasteiger partial charge in [0.25, 0.3) is 0 Å². The predicted molar refractivity (Wildman–Crippen MR) is 137 cm³/mol. The van der Waals surface area contributed by atoms with E-state index in [1.807, 2.05) is 18.3 Å². The smallest absolute Gasteiger partial charge is 0.160 e. The Morgan fingerprint density at radius 1 is 0.879 bits per heavy atom. The molecule has 2 aromatic carbocycles. The number of aryl methyl sites for hydroxylation is 5. The van der Waals surface area contributed by atoms with Crippen LogP contribution in [-0.2, 0) is 25.8 Å². The Balaban J connectivity index is 1.45. The monoisotopic (exact) mass is 454 g/mol. The molecule has 2 aromatic heterocycles. The van der Waals surface area contributed by atoms with Crippen molar-refractivity contribution in [2.45, 2.75) is 59.4 Å². The molecule has 0 fully saturated rings. The molecule has 33 heavy (non-hydrogen) atoms. The summed E-state index contributed by atoms with van der Waals surface area (Å²) < 4.78 is 2.20. The summed E-state index contributed by atoms with van der Waals surface area (Å²) in [4.78, 5) is 6.39. The normalized spacial score (nSPS) is 12.8. The molecule has 0 N–H and O–H groups in total. The van der Waals surface area contributed by atoms with Crippen LogP contribution >= 0.6 is 11.3 Å². The number of hydrogen-bond donors (Lipinski definition) is 0. The molecule has 5 rings (SSSR count). The fraction of sp³-hybridized carbons (Fsp3) is 0.321. The lowest BCUT2D eigenvalue weighted by atomic mass is 9.98. The maximum absolute atomic E-state index is 5.02. The molecule has 0 atom stereocenters. The number of unbranched alkanes of at least 4 members (excludes halogenated alkanes) is 1. The van der Waals surface area contributed by atoms with Crippen molar-refractivity contribution < 1.29 is 0 Å². The first-order valence-corrected chi connectivity index (χ1v) is 12.7. The van der Waals surface area contributed by atoms with Gasteiger partial charge >= 0.3 is 0 Å². The molecule has 4 nitrogen and oxygen atoms in total. The molecule has 0 radical (unpaired) electrons. The summed E-state index contributed by atoms with van der Waals surface area (Å²) in [5.74, 6) is 1.83. The van der Waals surface area contributed by atoms with Crippen LogP contribution in [0.15, 0.2) is 59.6 Å². The van der Waals surface area contributed by atoms with Gasteiger partial charge in [-0.3, -0.25) is 9.56 Å². The van der Waals surface area contributed by atoms with Gasteiger partial charge in [-0.2, -0.15) is 0 Å². The van der Waals surface area contributed by atoms with Gasteiger partial charge in [-0.25, -0.2) is 0 Å². The second kappa shape index (κ2) is 9.44. The fourth-order valence-electron chi connectivity index (χ4n) is 4.49. The van der Waals surface area contributed by atoms with Crippen LogP contribution in [0.4, 0.5) is 0 Å². The number of nitrogens with zero attached hydrogens (tertiary/aromatic N) is 4. The summed E-state index contributed by atoms with van der Waals surface area (Å²) in [5.41, 5.74) is 7.54. The first-order valence-electron chi connectivity index (χ1n) is 11.9. The first kappa shape index (κ1) is 21.8. The van der Waals surface area contributed by atoms with E-state index in [-0.39, 0.29) is 0 Å². The van der Waals surface area contributed by atoms with Crippen molar-refractivity contribution in [3.63, 3.8) is 0 Å². The second-order valence-corrected chi connectivity index (χ2v) is 9.95. The summed E-state index contributed by atoms with van der Waals surface area (Å²) >= 11 is 1.85. The van der Waals surface area contributed by atoms with Crippen LogP contribution in [0.5, 0.6) is 0 Å². The number of fused-ring (bicyclic) bond motifs is 3. The highest BCUT2D eigenvalue weighted by atomic mass is 32.1. The Hall–Kier alpha value is -3.05. The summed E-state index contributed by atoms with van der Waals surface area (Å²) in [6, 6.07) is 20.0. The number of aromatic nitrogens is 3. The van der Waals surface area contributed by atoms with E-state index in [4.69, 9.17) is 4.99 Å². The van der Waals surface area contributed by atoms with Crippen LogP contribution in [0.25, 0.3) is 5.00 Å². The van der Waals surface area contributed by atoms with E-state index in [2.05, 4.69) is 83.2 Å². The van der Waals surface area contributed by atoms with Gasteiger partial charge in [0.2, 0.25) is 0 Å². The zero-order valence-electron chi connectivity index (χ0n) is 19.6. The van der Waals surface area contributed by atoms with E-state index in [9.17, 15) is 0 Å². The predicted octanol–water partition coefficient (Wildman–Crippen LogP) is 6.42. The van der Waals surface area contributed by atoms with Crippen molar-refractivity contribution in [3.8, 4) is 5.00 Å². The molecule has 0 saturated carbocycles. The summed E-state index contributed by atoms with van der Waals surface area (Å²) in [5, 5.41) is 9.94. The summed E-state index contributed by atoms with van der Waals surface area (Å²) in [6.45, 7) is 6.98. The average Bonchev–Trinajstić information content (AvgIpc) is 3.37. The average molecular weight is 455 g/mol. The van der Waals surface area contributed by atoms with E-state index in [0.29, 0.717) is 6.54 Å². The first-order chi connectivity index (χ1) is 16.1. The van der Waals surface area contributed by atoms with Crippen LogP contribution in [-0.4, -0.2) is 20.5 Å². The largest absolute Gasteiger partial charge is 0.276 e. The molecule has 4 aromatic rings. The molecule has 3 heterocycles. The van der Waals surface area contributed by atoms with Gasteiger partial charge in [-0.05, 0) is 62.3 Å². The van der Waals surface area contributed by atoms with Crippen LogP contribution in [0.3, 0.4) is 0 Å². The Kier molecular flexibility index (Phi) is 6.23. The van der Waals surface area contributed by atoms with Crippen molar-refractivity contribution in [1.29, 1.82) is 0 Å². The van der Waals surface area contributed by atoms with Crippen molar-refractivity contribution >= 4 is 17.0 Å². The van der Waals surface area contributed by atoms with Crippen molar-refractivity contribution in [1.82, 2.24) is 14.8 Å². The highest BCUT2D eigenvalue weighted by Gasteiger charge is 2.25. The molecule has 0 bridgehead atoms. The number of thiophene rings is 1. The standard InChI is InChI=1S/C28H30N4S/c1-4-5-9-21-11-13-22(14-12-21)15-16-23-17-25-27(24-10-7-6-8-19(24)2)29-18-26-31-30-20(3)32(26)28(25)33-23/h6-8,10-14,17H,4-5,9,15-16,18H2,1-3H3. The van der Waals surface area contributed by atoms with Crippen molar-refractivity contribution in [2.75, 3.05) is 0 Å². The molecule has 0 spiro atoms. The Labute approximate surface area is 200 Å². The zero-order chi connectivity index (χ0) is 22.8. The van der Waals surface area contributed by atoms with Crippen LogP contribution < -0.4 is 0 Å². The summed E-state index contributed by atoms with van der Waals surface area (Å²) in [7, 11) is 0. The van der Waals surface area contributed by atoms with Gasteiger partial charge in [0, 0.05) is 16.0 Å². The van der Waals surface area contributed by atoms with Gasteiger partial charge in [0.05, 0.1) is 5.71 Å². The van der Waals surface area contributed by atoms with Crippen LogP contribution in [0.2, 0.25) is 0 Å². The fourth-order valence-corrected chi connectivity index (χ4v) is 5.71. The number of benzene rings is 2. The highest BCUT2D eigenvalue weighted by molar-refractivity contribution is 7.15. The molecule has 0 aliphatic carbocycles. The minimum absolute atomic E-state index is 0.547. The minimum atomic E-state index is 0.547. The molecule has 0 unspecified atom stereocenters. The molecule has 1 aliphatic rings. The maximum atomic E-state index is 5.02. The number of aliphatic imine (C=N–C) groups is 1. The third kappa shape index (κ3) is 4.42. The Morgan fingerprint density at radius 3 is 2.39 bits per heavy atom. The number of rotatable bonds is 7. The van der Waals surface area contributed by atoms with Gasteiger partial charge in [-0.1, -0.05) is 61.9 Å². The topological polar surface area (TPSA) is 43.1 Å². The Morgan fingerprint density at radius 2 is 1.64 bits per heavy atom. The van der Waals surface area contributed by atoms with E-state index in [0.717, 1.165) is 30.2 Å². The summed E-state index contributed by atoms with van der Waals surface area (Å²) in [6.07, 6.45) is 5.74. The van der Waals surface area contributed by atoms with E-state index >= 15 is 0 Å². The van der Waals surface area contributed by atoms with E-state index in [1.54, 1.807) is 0 Å². The van der Waals surface area contributed by atoms with Gasteiger partial charge in [-0.15, -0.1) is 21.5 Å².